The molecule has 0 aliphatic carbocycles. The molecule has 0 spiro atoms. The van der Waals surface area contributed by atoms with Gasteiger partial charge < -0.3 is 19.1 Å². The van der Waals surface area contributed by atoms with Gasteiger partial charge in [0.2, 0.25) is 0 Å². The zero-order valence-electron chi connectivity index (χ0n) is 17.2. The number of likely N-dealkylation sites (N-methyl/N-ethyl adjacent to an activating group) is 1. The Hall–Kier alpha value is -2.94. The molecule has 2 aromatic rings. The van der Waals surface area contributed by atoms with Crippen LogP contribution in [0.2, 0.25) is 0 Å². The van der Waals surface area contributed by atoms with E-state index in [0.29, 0.717) is 19.5 Å². The lowest BCUT2D eigenvalue weighted by molar-refractivity contribution is -0.384. The van der Waals surface area contributed by atoms with Crippen molar-refractivity contribution in [3.63, 3.8) is 0 Å². The van der Waals surface area contributed by atoms with Crippen molar-refractivity contribution in [3.8, 4) is 11.5 Å². The summed E-state index contributed by atoms with van der Waals surface area (Å²) < 4.78 is 27.0. The Morgan fingerprint density at radius 2 is 1.77 bits per heavy atom. The third-order valence-electron chi connectivity index (χ3n) is 5.01. The predicted molar refractivity (Wildman–Crippen MR) is 113 cm³/mol. The van der Waals surface area contributed by atoms with Crippen molar-refractivity contribution >= 4 is 19.4 Å². The van der Waals surface area contributed by atoms with Gasteiger partial charge in [-0.3, -0.25) is 14.9 Å². The van der Waals surface area contributed by atoms with Gasteiger partial charge in [0.1, 0.15) is 17.5 Å². The molecule has 0 saturated carbocycles. The minimum atomic E-state index is -4.24. The summed E-state index contributed by atoms with van der Waals surface area (Å²) in [6.45, 7) is 2.63. The van der Waals surface area contributed by atoms with E-state index in [1.807, 2.05) is 11.9 Å². The number of para-hydroxylation sites is 1. The maximum absolute atomic E-state index is 14.2. The molecule has 1 aliphatic rings. The van der Waals surface area contributed by atoms with E-state index >= 15 is 0 Å². The number of carbonyl (C=O) groups is 1. The number of aliphatic carboxylic acids is 1. The molecule has 0 aromatic heterocycles. The fourth-order valence-electron chi connectivity index (χ4n) is 3.46. The predicted octanol–water partition coefficient (Wildman–Crippen LogP) is 3.64. The molecular weight excluding hydrogens is 425 g/mol. The summed E-state index contributed by atoms with van der Waals surface area (Å²) in [5, 5.41) is 20.6. The first-order valence-corrected chi connectivity index (χ1v) is 11.2. The number of nitrogens with zero attached hydrogens (tertiary/aromatic N) is 3. The van der Waals surface area contributed by atoms with Crippen molar-refractivity contribution in [1.29, 1.82) is 0 Å². The third kappa shape index (κ3) is 5.41. The van der Waals surface area contributed by atoms with Crippen molar-refractivity contribution in [2.24, 2.45) is 0 Å². The van der Waals surface area contributed by atoms with Crippen LogP contribution in [0, 0.1) is 10.1 Å². The van der Waals surface area contributed by atoms with Gasteiger partial charge in [-0.15, -0.1) is 0 Å². The van der Waals surface area contributed by atoms with Crippen molar-refractivity contribution in [3.05, 3.63) is 64.7 Å². The second-order valence-electron chi connectivity index (χ2n) is 7.31. The van der Waals surface area contributed by atoms with E-state index in [0.717, 1.165) is 0 Å². The van der Waals surface area contributed by atoms with E-state index in [1.54, 1.807) is 30.3 Å². The first-order valence-electron chi connectivity index (χ1n) is 9.68. The molecule has 31 heavy (non-hydrogen) atoms. The molecule has 166 valence electrons. The Morgan fingerprint density at radius 1 is 1.19 bits per heavy atom. The van der Waals surface area contributed by atoms with Gasteiger partial charge in [0, 0.05) is 24.7 Å². The first-order chi connectivity index (χ1) is 14.7. The highest BCUT2D eigenvalue weighted by Gasteiger charge is 2.48. The average molecular weight is 449 g/mol. The zero-order valence-corrected chi connectivity index (χ0v) is 18.1. The topological polar surface area (TPSA) is 122 Å². The van der Waals surface area contributed by atoms with E-state index < -0.39 is 24.7 Å². The van der Waals surface area contributed by atoms with Crippen molar-refractivity contribution in [2.75, 3.05) is 20.1 Å². The monoisotopic (exact) mass is 449 g/mol. The Balaban J connectivity index is 2.02. The van der Waals surface area contributed by atoms with Gasteiger partial charge in [0.15, 0.2) is 0 Å². The molecule has 0 bridgehead atoms. The Labute approximate surface area is 179 Å². The highest BCUT2D eigenvalue weighted by molar-refractivity contribution is 7.52. The minimum Gasteiger partial charge on any atom is -0.480 e. The summed E-state index contributed by atoms with van der Waals surface area (Å²) in [4.78, 5) is 24.3. The molecule has 2 aromatic carbocycles. The van der Waals surface area contributed by atoms with E-state index in [9.17, 15) is 24.6 Å². The largest absolute Gasteiger partial charge is 0.516 e. The molecule has 1 heterocycles. The van der Waals surface area contributed by atoms with Crippen molar-refractivity contribution in [1.82, 2.24) is 9.57 Å². The van der Waals surface area contributed by atoms with Gasteiger partial charge in [0.25, 0.3) is 5.69 Å². The van der Waals surface area contributed by atoms with Crippen LogP contribution in [0.4, 0.5) is 5.69 Å². The molecule has 0 amide bonds. The molecule has 3 rings (SSSR count). The smallest absolute Gasteiger partial charge is 0.480 e. The number of likely N-dealkylation sites (tertiary alicyclic amines) is 1. The number of carboxylic acids is 1. The van der Waals surface area contributed by atoms with Gasteiger partial charge in [-0.25, -0.2) is 4.57 Å². The molecule has 1 aliphatic heterocycles. The number of benzene rings is 2. The molecule has 1 fully saturated rings. The second kappa shape index (κ2) is 9.47. The summed E-state index contributed by atoms with van der Waals surface area (Å²) in [7, 11) is -2.35. The number of carboxylic acid groups (broad SMARTS) is 1. The van der Waals surface area contributed by atoms with E-state index in [2.05, 4.69) is 0 Å². The van der Waals surface area contributed by atoms with Crippen molar-refractivity contribution < 1.29 is 28.4 Å². The summed E-state index contributed by atoms with van der Waals surface area (Å²) in [6, 6.07) is 11.8. The lowest BCUT2D eigenvalue weighted by Gasteiger charge is -2.36. The van der Waals surface area contributed by atoms with Crippen LogP contribution >= 0.6 is 7.75 Å². The first kappa shape index (κ1) is 22.7. The number of nitro benzene ring substituents is 1. The zero-order chi connectivity index (χ0) is 22.6. The molecule has 10 nitrogen and oxygen atoms in total. The summed E-state index contributed by atoms with van der Waals surface area (Å²) in [6.07, 6.45) is 0.583. The van der Waals surface area contributed by atoms with Crippen LogP contribution in [-0.4, -0.2) is 57.8 Å². The average Bonchev–Trinajstić information content (AvgIpc) is 3.14. The lowest BCUT2D eigenvalue weighted by Crippen LogP contribution is -2.46. The number of hydrogen-bond donors (Lipinski definition) is 1. The Morgan fingerprint density at radius 3 is 2.26 bits per heavy atom. The maximum atomic E-state index is 14.2. The molecular formula is C20H24N3O7P. The van der Waals surface area contributed by atoms with Crippen LogP contribution in [0.3, 0.4) is 0 Å². The number of nitro groups is 1. The summed E-state index contributed by atoms with van der Waals surface area (Å²) in [5.41, 5.74) is -0.153. The molecule has 0 radical (unpaired) electrons. The second-order valence-corrected chi connectivity index (χ2v) is 9.08. The van der Waals surface area contributed by atoms with E-state index in [-0.39, 0.29) is 23.2 Å². The lowest BCUT2D eigenvalue weighted by atomic mass is 10.2. The quantitative estimate of drug-likeness (QED) is 0.347. The van der Waals surface area contributed by atoms with Crippen LogP contribution in [0.1, 0.15) is 13.3 Å². The number of non-ortho nitro benzene ring substituents is 1. The van der Waals surface area contributed by atoms with Crippen LogP contribution in [-0.2, 0) is 9.36 Å². The van der Waals surface area contributed by atoms with Gasteiger partial charge in [-0.2, -0.15) is 4.67 Å². The Kier molecular flexibility index (Phi) is 6.94. The van der Waals surface area contributed by atoms with Crippen molar-refractivity contribution in [2.45, 2.75) is 25.4 Å². The molecule has 3 atom stereocenters. The van der Waals surface area contributed by atoms with Crippen LogP contribution in [0.5, 0.6) is 11.5 Å². The molecule has 1 saturated heterocycles. The Bertz CT molecular complexity index is 970. The fraction of sp³-hybridized carbons (Fsp3) is 0.350. The third-order valence-corrected chi connectivity index (χ3v) is 7.13. The highest BCUT2D eigenvalue weighted by Crippen LogP contribution is 2.55. The molecule has 11 heteroatoms. The van der Waals surface area contributed by atoms with E-state index in [1.165, 1.54) is 35.9 Å². The standard InChI is InChI=1S/C20H24N3O7P/c1-15(20(24)25)22(17-12-13-21(2)14-17)31(28,29-18-6-4-3-5-7-18)30-19-10-8-16(9-11-19)23(26)27/h3-11,15,17H,12-14H2,1-2H3,(H,24,25). The van der Waals surface area contributed by atoms with Crippen LogP contribution < -0.4 is 9.05 Å². The maximum Gasteiger partial charge on any atom is 0.516 e. The van der Waals surface area contributed by atoms with Gasteiger partial charge in [-0.1, -0.05) is 18.2 Å². The number of hydrogen-bond acceptors (Lipinski definition) is 7. The minimum absolute atomic E-state index is 0.0683. The normalized spacial score (nSPS) is 19.5. The van der Waals surface area contributed by atoms with Gasteiger partial charge >= 0.3 is 13.7 Å². The molecule has 3 unspecified atom stereocenters. The van der Waals surface area contributed by atoms with Crippen LogP contribution in [0.25, 0.3) is 0 Å². The SMILES string of the molecule is CC(C(=O)O)N(C1CCN(C)C1)P(=O)(Oc1ccccc1)Oc1ccc([N+](=O)[O-])cc1. The van der Waals surface area contributed by atoms with E-state index in [4.69, 9.17) is 9.05 Å². The molecule has 1 N–H and O–H groups in total. The fourth-order valence-corrected chi connectivity index (χ4v) is 5.57. The van der Waals surface area contributed by atoms with Gasteiger partial charge in [0.05, 0.1) is 4.92 Å². The van der Waals surface area contributed by atoms with Crippen LogP contribution in [0.15, 0.2) is 54.6 Å². The van der Waals surface area contributed by atoms with Gasteiger partial charge in [-0.05, 0) is 51.2 Å². The summed E-state index contributed by atoms with van der Waals surface area (Å²) in [5.74, 6) is -0.848. The number of rotatable bonds is 9. The summed E-state index contributed by atoms with van der Waals surface area (Å²) >= 11 is 0. The highest BCUT2D eigenvalue weighted by atomic mass is 31.2.